The Labute approximate surface area is 204 Å². The van der Waals surface area contributed by atoms with Gasteiger partial charge in [-0.25, -0.2) is 8.78 Å². The molecule has 0 bridgehead atoms. The molecule has 2 heterocycles. The lowest BCUT2D eigenvalue weighted by Crippen LogP contribution is -2.51. The molecule has 0 aromatic heterocycles. The lowest BCUT2D eigenvalue weighted by atomic mass is 9.76. The van der Waals surface area contributed by atoms with Crippen molar-refractivity contribution >= 4 is 17.7 Å². The summed E-state index contributed by atoms with van der Waals surface area (Å²) in [4.78, 5) is 39.6. The zero-order valence-corrected chi connectivity index (χ0v) is 20.0. The van der Waals surface area contributed by atoms with Crippen LogP contribution in [0.1, 0.15) is 61.7 Å². The third kappa shape index (κ3) is 6.06. The van der Waals surface area contributed by atoms with Gasteiger partial charge in [0.1, 0.15) is 0 Å². The standard InChI is InChI=1S/C26H34F2N2O5/c27-21-2-1-19(15-22(21)28)23(31)18-6-12-30(13-7-18)11-5-17-3-9-26(10-4-17,25(29)33)35-24(32)20-8-14-34-16-20/h1-2,15,17-18,20H,3-14,16H2,(H2,29,33). The normalized spacial score (nSPS) is 28.1. The van der Waals surface area contributed by atoms with Crippen LogP contribution in [0, 0.1) is 29.4 Å². The number of piperidine rings is 1. The first kappa shape index (κ1) is 25.7. The van der Waals surface area contributed by atoms with Crippen LogP contribution < -0.4 is 5.73 Å². The number of esters is 1. The summed E-state index contributed by atoms with van der Waals surface area (Å²) < 4.78 is 37.6. The topological polar surface area (TPSA) is 98.9 Å². The lowest BCUT2D eigenvalue weighted by molar-refractivity contribution is -0.176. The van der Waals surface area contributed by atoms with Crippen LogP contribution in [-0.2, 0) is 19.1 Å². The van der Waals surface area contributed by atoms with E-state index >= 15 is 0 Å². The van der Waals surface area contributed by atoms with E-state index in [1.54, 1.807) is 0 Å². The van der Waals surface area contributed by atoms with Crippen LogP contribution in [0.15, 0.2) is 18.2 Å². The van der Waals surface area contributed by atoms with Gasteiger partial charge in [-0.1, -0.05) is 0 Å². The van der Waals surface area contributed by atoms with Crippen LogP contribution in [0.2, 0.25) is 0 Å². The van der Waals surface area contributed by atoms with Crippen molar-refractivity contribution in [1.29, 1.82) is 0 Å². The Kier molecular flexibility index (Phi) is 8.16. The number of rotatable bonds is 8. The van der Waals surface area contributed by atoms with Crippen molar-refractivity contribution in [1.82, 2.24) is 4.90 Å². The average molecular weight is 493 g/mol. The van der Waals surface area contributed by atoms with E-state index in [2.05, 4.69) is 4.90 Å². The first-order chi connectivity index (χ1) is 16.8. The van der Waals surface area contributed by atoms with Crippen molar-refractivity contribution in [2.24, 2.45) is 23.5 Å². The predicted molar refractivity (Wildman–Crippen MR) is 123 cm³/mol. The van der Waals surface area contributed by atoms with Crippen molar-refractivity contribution in [3.8, 4) is 0 Å². The van der Waals surface area contributed by atoms with Gasteiger partial charge in [0.15, 0.2) is 23.0 Å². The molecule has 0 radical (unpaired) electrons. The Morgan fingerprint density at radius 3 is 2.34 bits per heavy atom. The third-order valence-electron chi connectivity index (χ3n) is 7.94. The maximum atomic E-state index is 13.5. The number of amides is 1. The second kappa shape index (κ2) is 11.1. The summed E-state index contributed by atoms with van der Waals surface area (Å²) >= 11 is 0. The third-order valence-corrected chi connectivity index (χ3v) is 7.94. The average Bonchev–Trinajstić information content (AvgIpc) is 3.40. The van der Waals surface area contributed by atoms with E-state index in [0.29, 0.717) is 51.2 Å². The molecule has 3 aliphatic rings. The summed E-state index contributed by atoms with van der Waals surface area (Å²) in [5.41, 5.74) is 4.67. The molecule has 1 aromatic rings. The minimum absolute atomic E-state index is 0.127. The van der Waals surface area contributed by atoms with Crippen molar-refractivity contribution < 1.29 is 32.6 Å². The molecule has 3 fully saturated rings. The molecule has 1 aromatic carbocycles. The van der Waals surface area contributed by atoms with Gasteiger partial charge in [0.2, 0.25) is 0 Å². The largest absolute Gasteiger partial charge is 0.449 e. The highest BCUT2D eigenvalue weighted by atomic mass is 19.2. The van der Waals surface area contributed by atoms with E-state index in [4.69, 9.17) is 15.2 Å². The number of likely N-dealkylation sites (tertiary alicyclic amines) is 1. The number of nitrogens with zero attached hydrogens (tertiary/aromatic N) is 1. The second-order valence-electron chi connectivity index (χ2n) is 10.2. The summed E-state index contributed by atoms with van der Waals surface area (Å²) in [5, 5.41) is 0. The van der Waals surface area contributed by atoms with Gasteiger partial charge >= 0.3 is 5.97 Å². The number of hydrogen-bond acceptors (Lipinski definition) is 6. The number of ketones is 1. The van der Waals surface area contributed by atoms with Gasteiger partial charge in [0.25, 0.3) is 5.91 Å². The number of primary amides is 1. The van der Waals surface area contributed by atoms with Crippen molar-refractivity contribution in [2.75, 3.05) is 32.8 Å². The molecule has 2 saturated heterocycles. The molecule has 1 amide bonds. The Hall–Kier alpha value is -2.39. The first-order valence-electron chi connectivity index (χ1n) is 12.6. The molecule has 1 saturated carbocycles. The van der Waals surface area contributed by atoms with Crippen molar-refractivity contribution in [3.05, 3.63) is 35.4 Å². The van der Waals surface area contributed by atoms with E-state index in [-0.39, 0.29) is 29.2 Å². The molecule has 192 valence electrons. The van der Waals surface area contributed by atoms with Crippen LogP contribution in [0.4, 0.5) is 8.78 Å². The molecule has 2 N–H and O–H groups in total. The Morgan fingerprint density at radius 2 is 1.74 bits per heavy atom. The monoisotopic (exact) mass is 492 g/mol. The second-order valence-corrected chi connectivity index (χ2v) is 10.2. The zero-order valence-electron chi connectivity index (χ0n) is 20.0. The van der Waals surface area contributed by atoms with Gasteiger partial charge in [0, 0.05) is 18.1 Å². The highest BCUT2D eigenvalue weighted by Crippen LogP contribution is 2.37. The van der Waals surface area contributed by atoms with Crippen molar-refractivity contribution in [2.45, 2.75) is 57.0 Å². The summed E-state index contributed by atoms with van der Waals surface area (Å²) in [6, 6.07) is 3.33. The molecule has 1 aliphatic carbocycles. The fraction of sp³-hybridized carbons (Fsp3) is 0.654. The van der Waals surface area contributed by atoms with Crippen LogP contribution in [0.3, 0.4) is 0 Å². The molecule has 4 rings (SSSR count). The summed E-state index contributed by atoms with van der Waals surface area (Å²) in [6.45, 7) is 3.30. The number of Topliss-reactive ketones (excluding diaryl/α,β-unsaturated/α-hetero) is 1. The van der Waals surface area contributed by atoms with Crippen LogP contribution in [-0.4, -0.2) is 61.0 Å². The minimum Gasteiger partial charge on any atom is -0.449 e. The quantitative estimate of drug-likeness (QED) is 0.442. The molecule has 1 unspecified atom stereocenters. The van der Waals surface area contributed by atoms with Crippen molar-refractivity contribution in [3.63, 3.8) is 0 Å². The molecule has 0 spiro atoms. The number of nitrogens with two attached hydrogens (primary N) is 1. The number of benzene rings is 1. The maximum absolute atomic E-state index is 13.5. The number of hydrogen-bond donors (Lipinski definition) is 1. The smallest absolute Gasteiger partial charge is 0.312 e. The van der Waals surface area contributed by atoms with Crippen LogP contribution in [0.5, 0.6) is 0 Å². The van der Waals surface area contributed by atoms with Gasteiger partial charge in [-0.2, -0.15) is 0 Å². The van der Waals surface area contributed by atoms with Gasteiger partial charge < -0.3 is 20.1 Å². The van der Waals surface area contributed by atoms with E-state index in [1.807, 2.05) is 0 Å². The van der Waals surface area contributed by atoms with E-state index in [1.165, 1.54) is 6.07 Å². The van der Waals surface area contributed by atoms with Gasteiger partial charge in [-0.05, 0) is 95.1 Å². The molecular formula is C26H34F2N2O5. The van der Waals surface area contributed by atoms with Gasteiger partial charge in [-0.3, -0.25) is 14.4 Å². The number of carbonyl (C=O) groups excluding carboxylic acids is 3. The van der Waals surface area contributed by atoms with E-state index in [0.717, 1.165) is 51.0 Å². The van der Waals surface area contributed by atoms with Crippen LogP contribution in [0.25, 0.3) is 0 Å². The summed E-state index contributed by atoms with van der Waals surface area (Å²) in [5.74, 6) is -3.12. The lowest BCUT2D eigenvalue weighted by Gasteiger charge is -2.38. The molecule has 1 atom stereocenters. The van der Waals surface area contributed by atoms with E-state index in [9.17, 15) is 23.2 Å². The minimum atomic E-state index is -1.21. The Bertz CT molecular complexity index is 934. The Balaban J connectivity index is 1.20. The highest BCUT2D eigenvalue weighted by molar-refractivity contribution is 5.97. The molecule has 35 heavy (non-hydrogen) atoms. The number of ether oxygens (including phenoxy) is 2. The van der Waals surface area contributed by atoms with E-state index < -0.39 is 23.1 Å². The molecular weight excluding hydrogens is 458 g/mol. The first-order valence-corrected chi connectivity index (χ1v) is 12.6. The summed E-state index contributed by atoms with van der Waals surface area (Å²) in [6.07, 6.45) is 5.36. The Morgan fingerprint density at radius 1 is 1.03 bits per heavy atom. The number of carbonyl (C=O) groups is 3. The molecule has 9 heteroatoms. The van der Waals surface area contributed by atoms with Gasteiger partial charge in [-0.15, -0.1) is 0 Å². The summed E-state index contributed by atoms with van der Waals surface area (Å²) in [7, 11) is 0. The maximum Gasteiger partial charge on any atom is 0.312 e. The number of halogens is 2. The fourth-order valence-electron chi connectivity index (χ4n) is 5.50. The molecule has 7 nitrogen and oxygen atoms in total. The zero-order chi connectivity index (χ0) is 25.0. The SMILES string of the molecule is NC(=O)C1(OC(=O)C2CCOC2)CCC(CCN2CCC(C(=O)c3ccc(F)c(F)c3)CC2)CC1. The molecule has 2 aliphatic heterocycles. The highest BCUT2D eigenvalue weighted by Gasteiger charge is 2.45. The van der Waals surface area contributed by atoms with Gasteiger partial charge in [0.05, 0.1) is 12.5 Å². The fourth-order valence-corrected chi connectivity index (χ4v) is 5.50. The van der Waals surface area contributed by atoms with Crippen LogP contribution >= 0.6 is 0 Å². The predicted octanol–water partition coefficient (Wildman–Crippen LogP) is 3.24.